The van der Waals surface area contributed by atoms with Gasteiger partial charge in [0.25, 0.3) is 0 Å². The molecule has 0 atom stereocenters. The van der Waals surface area contributed by atoms with Crippen LogP contribution in [0.3, 0.4) is 0 Å². The highest BCUT2D eigenvalue weighted by molar-refractivity contribution is 7.89. The predicted octanol–water partition coefficient (Wildman–Crippen LogP) is 1.58. The third kappa shape index (κ3) is 6.05. The second kappa shape index (κ2) is 9.33. The van der Waals surface area contributed by atoms with Crippen molar-refractivity contribution in [3.8, 4) is 5.75 Å². The number of anilines is 1. The lowest BCUT2D eigenvalue weighted by molar-refractivity contribution is 0.167. The van der Waals surface area contributed by atoms with Crippen molar-refractivity contribution in [1.82, 2.24) is 4.72 Å². The van der Waals surface area contributed by atoms with Crippen molar-refractivity contribution in [2.75, 3.05) is 38.8 Å². The van der Waals surface area contributed by atoms with Crippen LogP contribution >= 0.6 is 0 Å². The van der Waals surface area contributed by atoms with E-state index in [9.17, 15) is 13.2 Å². The Morgan fingerprint density at radius 3 is 2.57 bits per heavy atom. The summed E-state index contributed by atoms with van der Waals surface area (Å²) in [7, 11) is -2.23. The number of methoxy groups -OCH3 is 1. The zero-order chi connectivity index (χ0) is 17.3. The highest BCUT2D eigenvalue weighted by atomic mass is 32.2. The number of sulfonamides is 1. The first kappa shape index (κ1) is 19.2. The molecule has 0 saturated carbocycles. The molecule has 23 heavy (non-hydrogen) atoms. The maximum absolute atomic E-state index is 12.2. The highest BCUT2D eigenvalue weighted by Gasteiger charge is 2.17. The van der Waals surface area contributed by atoms with Gasteiger partial charge < -0.3 is 14.2 Å². The number of amides is 1. The van der Waals surface area contributed by atoms with E-state index in [1.165, 1.54) is 25.3 Å². The van der Waals surface area contributed by atoms with Crippen molar-refractivity contribution in [3.63, 3.8) is 0 Å². The average molecular weight is 346 g/mol. The van der Waals surface area contributed by atoms with E-state index in [4.69, 9.17) is 14.2 Å². The van der Waals surface area contributed by atoms with Gasteiger partial charge in [0.1, 0.15) is 5.75 Å². The van der Waals surface area contributed by atoms with Gasteiger partial charge in [0.15, 0.2) is 0 Å². The van der Waals surface area contributed by atoms with E-state index in [2.05, 4.69) is 10.0 Å². The molecule has 130 valence electrons. The molecule has 1 aromatic carbocycles. The SMILES string of the molecule is CCOC(=O)Nc1cc(S(=O)(=O)NCCOC)ccc1OCC. The molecule has 1 rings (SSSR count). The number of nitrogens with one attached hydrogen (secondary N) is 2. The minimum absolute atomic E-state index is 0.00357. The molecule has 0 bridgehead atoms. The molecule has 0 aromatic heterocycles. The van der Waals surface area contributed by atoms with Crippen LogP contribution in [0, 0.1) is 0 Å². The summed E-state index contributed by atoms with van der Waals surface area (Å²) in [5.41, 5.74) is 0.222. The minimum atomic E-state index is -3.71. The quantitative estimate of drug-likeness (QED) is 0.658. The molecule has 0 heterocycles. The summed E-state index contributed by atoms with van der Waals surface area (Å²) in [5, 5.41) is 2.47. The van der Waals surface area contributed by atoms with E-state index in [0.29, 0.717) is 12.4 Å². The molecule has 0 fully saturated rings. The molecular weight excluding hydrogens is 324 g/mol. The highest BCUT2D eigenvalue weighted by Crippen LogP contribution is 2.28. The normalized spacial score (nSPS) is 11.1. The van der Waals surface area contributed by atoms with Gasteiger partial charge in [-0.1, -0.05) is 0 Å². The third-order valence-electron chi connectivity index (χ3n) is 2.67. The van der Waals surface area contributed by atoms with Gasteiger partial charge in [-0.2, -0.15) is 0 Å². The zero-order valence-electron chi connectivity index (χ0n) is 13.4. The number of hydrogen-bond donors (Lipinski definition) is 2. The van der Waals surface area contributed by atoms with Crippen LogP contribution in [-0.2, 0) is 19.5 Å². The Morgan fingerprint density at radius 2 is 1.96 bits per heavy atom. The predicted molar refractivity (Wildman–Crippen MR) is 85.3 cm³/mol. The number of hydrogen-bond acceptors (Lipinski definition) is 6. The number of benzene rings is 1. The molecule has 9 heteroatoms. The molecule has 0 unspecified atom stereocenters. The second-order valence-electron chi connectivity index (χ2n) is 4.33. The van der Waals surface area contributed by atoms with Crippen LogP contribution in [0.5, 0.6) is 5.75 Å². The van der Waals surface area contributed by atoms with Crippen molar-refractivity contribution >= 4 is 21.8 Å². The summed E-state index contributed by atoms with van der Waals surface area (Å²) in [6.07, 6.45) is -0.685. The van der Waals surface area contributed by atoms with E-state index >= 15 is 0 Å². The van der Waals surface area contributed by atoms with Gasteiger partial charge in [-0.15, -0.1) is 0 Å². The van der Waals surface area contributed by atoms with Crippen molar-refractivity contribution < 1.29 is 27.4 Å². The van der Waals surface area contributed by atoms with E-state index in [-0.39, 0.29) is 30.3 Å². The fourth-order valence-electron chi connectivity index (χ4n) is 1.69. The Labute approximate surface area is 136 Å². The van der Waals surface area contributed by atoms with Gasteiger partial charge in [0.2, 0.25) is 10.0 Å². The number of carbonyl (C=O) groups excluding carboxylic acids is 1. The van der Waals surface area contributed by atoms with Crippen molar-refractivity contribution in [2.45, 2.75) is 18.7 Å². The Bertz CT molecular complexity index is 618. The standard InChI is InChI=1S/C14H22N2O6S/c1-4-21-13-7-6-11(23(18,19)15-8-9-20-3)10-12(13)16-14(17)22-5-2/h6-7,10,15H,4-5,8-9H2,1-3H3,(H,16,17). The van der Waals surface area contributed by atoms with Crippen molar-refractivity contribution in [2.24, 2.45) is 0 Å². The Morgan fingerprint density at radius 1 is 1.22 bits per heavy atom. The first-order chi connectivity index (χ1) is 10.9. The van der Waals surface area contributed by atoms with Gasteiger partial charge in [0, 0.05) is 13.7 Å². The van der Waals surface area contributed by atoms with Gasteiger partial charge in [0.05, 0.1) is 30.4 Å². The number of ether oxygens (including phenoxy) is 3. The largest absolute Gasteiger partial charge is 0.492 e. The fourth-order valence-corrected chi connectivity index (χ4v) is 2.73. The summed E-state index contributed by atoms with van der Waals surface area (Å²) >= 11 is 0. The van der Waals surface area contributed by atoms with Crippen LogP contribution in [0.2, 0.25) is 0 Å². The average Bonchev–Trinajstić information content (AvgIpc) is 2.49. The van der Waals surface area contributed by atoms with Gasteiger partial charge in [-0.25, -0.2) is 17.9 Å². The lowest BCUT2D eigenvalue weighted by atomic mass is 10.3. The molecule has 8 nitrogen and oxygen atoms in total. The van der Waals surface area contributed by atoms with Gasteiger partial charge in [-0.05, 0) is 32.0 Å². The van der Waals surface area contributed by atoms with Gasteiger partial charge in [-0.3, -0.25) is 5.32 Å². The number of rotatable bonds is 9. The van der Waals surface area contributed by atoms with Crippen LogP contribution in [0.25, 0.3) is 0 Å². The topological polar surface area (TPSA) is 103 Å². The molecule has 0 radical (unpaired) electrons. The maximum Gasteiger partial charge on any atom is 0.411 e. The zero-order valence-corrected chi connectivity index (χ0v) is 14.2. The fraction of sp³-hybridized carbons (Fsp3) is 0.500. The molecule has 1 amide bonds. The lowest BCUT2D eigenvalue weighted by Gasteiger charge is -2.13. The van der Waals surface area contributed by atoms with Crippen LogP contribution in [-0.4, -0.2) is 48.0 Å². The first-order valence-corrected chi connectivity index (χ1v) is 8.62. The van der Waals surface area contributed by atoms with E-state index < -0.39 is 16.1 Å². The smallest absolute Gasteiger partial charge is 0.411 e. The van der Waals surface area contributed by atoms with Crippen LogP contribution in [0.15, 0.2) is 23.1 Å². The monoisotopic (exact) mass is 346 g/mol. The van der Waals surface area contributed by atoms with E-state index in [1.54, 1.807) is 13.8 Å². The molecule has 2 N–H and O–H groups in total. The Hall–Kier alpha value is -1.84. The third-order valence-corrected chi connectivity index (χ3v) is 4.13. The minimum Gasteiger partial charge on any atom is -0.492 e. The molecule has 0 saturated heterocycles. The maximum atomic E-state index is 12.2. The van der Waals surface area contributed by atoms with Crippen molar-refractivity contribution in [3.05, 3.63) is 18.2 Å². The molecule has 0 aliphatic carbocycles. The summed E-state index contributed by atoms with van der Waals surface area (Å²) in [4.78, 5) is 11.6. The molecule has 0 aliphatic heterocycles. The first-order valence-electron chi connectivity index (χ1n) is 7.13. The van der Waals surface area contributed by atoms with E-state index in [0.717, 1.165) is 0 Å². The van der Waals surface area contributed by atoms with Crippen LogP contribution in [0.4, 0.5) is 10.5 Å². The van der Waals surface area contributed by atoms with Crippen molar-refractivity contribution in [1.29, 1.82) is 0 Å². The summed E-state index contributed by atoms with van der Waals surface area (Å²) in [5.74, 6) is 0.358. The molecule has 0 aliphatic rings. The summed E-state index contributed by atoms with van der Waals surface area (Å²) in [6, 6.07) is 4.20. The summed E-state index contributed by atoms with van der Waals surface area (Å²) < 4.78 is 41.8. The van der Waals surface area contributed by atoms with Crippen LogP contribution in [0.1, 0.15) is 13.8 Å². The lowest BCUT2D eigenvalue weighted by Crippen LogP contribution is -2.27. The number of carbonyl (C=O) groups is 1. The second-order valence-corrected chi connectivity index (χ2v) is 6.09. The van der Waals surface area contributed by atoms with Crippen LogP contribution < -0.4 is 14.8 Å². The molecule has 1 aromatic rings. The molecule has 0 spiro atoms. The molecular formula is C14H22N2O6S. The Kier molecular flexibility index (Phi) is 7.79. The Balaban J connectivity index is 3.04. The van der Waals surface area contributed by atoms with Gasteiger partial charge >= 0.3 is 6.09 Å². The van der Waals surface area contributed by atoms with E-state index in [1.807, 2.05) is 0 Å². The summed E-state index contributed by atoms with van der Waals surface area (Å²) in [6.45, 7) is 4.42.